The number of para-hydroxylation sites is 2. The minimum absolute atomic E-state index is 0.666. The monoisotopic (exact) mass is 853 g/mol. The summed E-state index contributed by atoms with van der Waals surface area (Å²) in [7, 11) is 0. The van der Waals surface area contributed by atoms with E-state index in [1.165, 1.54) is 22.3 Å². The summed E-state index contributed by atoms with van der Waals surface area (Å²) in [4.78, 5) is 11.0. The molecule has 0 unspecified atom stereocenters. The zero-order chi connectivity index (χ0) is 44.5. The van der Waals surface area contributed by atoms with Crippen LogP contribution in [0.2, 0.25) is 0 Å². The van der Waals surface area contributed by atoms with Crippen molar-refractivity contribution in [2.45, 2.75) is 0 Å². The maximum Gasteiger partial charge on any atom is 0.162 e. The van der Waals surface area contributed by atoms with Crippen molar-refractivity contribution >= 4 is 21.9 Å². The van der Waals surface area contributed by atoms with Crippen LogP contribution in [0.3, 0.4) is 0 Å². The van der Waals surface area contributed by atoms with E-state index in [4.69, 9.17) is 9.97 Å². The van der Waals surface area contributed by atoms with E-state index in [-0.39, 0.29) is 0 Å². The molecular formula is C64H43N3. The second-order valence-electron chi connectivity index (χ2n) is 17.0. The summed E-state index contributed by atoms with van der Waals surface area (Å²) in [5.41, 5.74) is 19.8. The third kappa shape index (κ3) is 7.69. The van der Waals surface area contributed by atoms with E-state index in [0.717, 1.165) is 89.0 Å². The molecule has 0 N–H and O–H groups in total. The van der Waals surface area contributed by atoms with E-state index in [9.17, 15) is 0 Å². The number of benzene rings is 10. The Bertz CT molecular complexity index is 3590. The van der Waals surface area contributed by atoms with Gasteiger partial charge in [-0.1, -0.05) is 212 Å². The number of hydrogen-bond acceptors (Lipinski definition) is 2. The molecule has 3 nitrogen and oxygen atoms in total. The number of rotatable bonds is 9. The van der Waals surface area contributed by atoms with Crippen LogP contribution in [0.5, 0.6) is 0 Å². The second kappa shape index (κ2) is 17.2. The highest BCUT2D eigenvalue weighted by Crippen LogP contribution is 2.41. The SMILES string of the molecule is c1ccc(-c2ccc(-c3cc(-c4ccc(-c5ccccc5)cc4)cc(-c4cccc(-c5nc(-c6cccc(-c7ccccc7)c6)c6c7ccccc7n(-c7ccccc7)c6n5)c4)c3)cc2)cc1. The molecule has 0 saturated carbocycles. The highest BCUT2D eigenvalue weighted by atomic mass is 15.1. The molecule has 0 saturated heterocycles. The summed E-state index contributed by atoms with van der Waals surface area (Å²) in [5.74, 6) is 0.666. The molecule has 0 aliphatic rings. The van der Waals surface area contributed by atoms with Crippen LogP contribution in [-0.2, 0) is 0 Å². The first-order chi connectivity index (χ1) is 33.2. The lowest BCUT2D eigenvalue weighted by atomic mass is 9.91. The minimum Gasteiger partial charge on any atom is -0.294 e. The van der Waals surface area contributed by atoms with Gasteiger partial charge in [-0.2, -0.15) is 0 Å². The predicted octanol–water partition coefficient (Wildman–Crippen LogP) is 16.9. The van der Waals surface area contributed by atoms with Gasteiger partial charge in [0, 0.05) is 22.2 Å². The Morgan fingerprint density at radius 3 is 1.16 bits per heavy atom. The number of fused-ring (bicyclic) bond motifs is 3. The number of nitrogens with zero attached hydrogens (tertiary/aromatic N) is 3. The van der Waals surface area contributed by atoms with Crippen LogP contribution in [0.4, 0.5) is 0 Å². The first-order valence-corrected chi connectivity index (χ1v) is 22.8. The Morgan fingerprint density at radius 2 is 0.612 bits per heavy atom. The van der Waals surface area contributed by atoms with Gasteiger partial charge in [0.1, 0.15) is 5.65 Å². The molecule has 0 bridgehead atoms. The summed E-state index contributed by atoms with van der Waals surface area (Å²) in [6, 6.07) is 93.1. The summed E-state index contributed by atoms with van der Waals surface area (Å²) >= 11 is 0. The molecule has 0 atom stereocenters. The molecule has 12 aromatic rings. The second-order valence-corrected chi connectivity index (χ2v) is 17.0. The van der Waals surface area contributed by atoms with Gasteiger partial charge < -0.3 is 0 Å². The maximum absolute atomic E-state index is 5.54. The van der Waals surface area contributed by atoms with Crippen molar-refractivity contribution in [3.8, 4) is 95.1 Å². The van der Waals surface area contributed by atoms with Gasteiger partial charge in [0.2, 0.25) is 0 Å². The Hall–Kier alpha value is -8.92. The van der Waals surface area contributed by atoms with Gasteiger partial charge in [-0.05, 0) is 115 Å². The zero-order valence-corrected chi connectivity index (χ0v) is 36.7. The van der Waals surface area contributed by atoms with Crippen LogP contribution in [0, 0.1) is 0 Å². The van der Waals surface area contributed by atoms with Crippen molar-refractivity contribution in [2.75, 3.05) is 0 Å². The molecule has 0 aliphatic heterocycles. The van der Waals surface area contributed by atoms with Gasteiger partial charge >= 0.3 is 0 Å². The average molecular weight is 854 g/mol. The van der Waals surface area contributed by atoms with E-state index >= 15 is 0 Å². The van der Waals surface area contributed by atoms with Crippen molar-refractivity contribution in [1.29, 1.82) is 0 Å². The van der Waals surface area contributed by atoms with Gasteiger partial charge in [-0.15, -0.1) is 0 Å². The van der Waals surface area contributed by atoms with Crippen molar-refractivity contribution in [3.05, 3.63) is 261 Å². The molecule has 0 radical (unpaired) electrons. The first kappa shape index (κ1) is 39.7. The van der Waals surface area contributed by atoms with Gasteiger partial charge in [-0.25, -0.2) is 9.97 Å². The van der Waals surface area contributed by atoms with E-state index in [1.54, 1.807) is 0 Å². The normalized spacial score (nSPS) is 11.3. The lowest BCUT2D eigenvalue weighted by Crippen LogP contribution is -1.99. The topological polar surface area (TPSA) is 30.7 Å². The van der Waals surface area contributed by atoms with Crippen LogP contribution in [0.25, 0.3) is 117 Å². The molecule has 3 heteroatoms. The zero-order valence-electron chi connectivity index (χ0n) is 36.7. The van der Waals surface area contributed by atoms with Crippen LogP contribution >= 0.6 is 0 Å². The van der Waals surface area contributed by atoms with Crippen molar-refractivity contribution in [3.63, 3.8) is 0 Å². The molecule has 314 valence electrons. The molecule has 2 heterocycles. The molecule has 0 fully saturated rings. The summed E-state index contributed by atoms with van der Waals surface area (Å²) < 4.78 is 2.28. The molecule has 0 aliphatic carbocycles. The van der Waals surface area contributed by atoms with E-state index in [1.807, 2.05) is 0 Å². The van der Waals surface area contributed by atoms with Crippen molar-refractivity contribution < 1.29 is 0 Å². The van der Waals surface area contributed by atoms with Crippen molar-refractivity contribution in [1.82, 2.24) is 14.5 Å². The number of hydrogen-bond donors (Lipinski definition) is 0. The fraction of sp³-hybridized carbons (Fsp3) is 0. The standard InChI is InChI=1S/C64H43N3/c1-5-17-44(18-6-1)47-31-35-49(36-32-47)55-41-56(50-37-33-48(34-38-50)45-19-7-2-8-20-45)43-57(42-55)52-24-16-26-54(40-52)63-65-62(53-25-15-23-51(39-53)46-21-9-3-10-22-46)61-59-29-13-14-30-60(59)67(64(61)66-63)58-27-11-4-12-28-58/h1-43H. The largest absolute Gasteiger partial charge is 0.294 e. The van der Waals surface area contributed by atoms with Crippen LogP contribution < -0.4 is 0 Å². The summed E-state index contributed by atoms with van der Waals surface area (Å²) in [6.45, 7) is 0. The maximum atomic E-state index is 5.54. The molecule has 12 rings (SSSR count). The fourth-order valence-corrected chi connectivity index (χ4v) is 9.44. The molecule has 2 aromatic heterocycles. The van der Waals surface area contributed by atoms with Gasteiger partial charge in [0.05, 0.1) is 16.6 Å². The Kier molecular flexibility index (Phi) is 10.2. The van der Waals surface area contributed by atoms with Crippen LogP contribution in [0.1, 0.15) is 0 Å². The lowest BCUT2D eigenvalue weighted by molar-refractivity contribution is 1.11. The Labute approximate surface area is 390 Å². The summed E-state index contributed by atoms with van der Waals surface area (Å²) in [5, 5.41) is 2.14. The van der Waals surface area contributed by atoms with E-state index < -0.39 is 0 Å². The third-order valence-electron chi connectivity index (χ3n) is 12.8. The van der Waals surface area contributed by atoms with Gasteiger partial charge in [0.25, 0.3) is 0 Å². The molecule has 10 aromatic carbocycles. The molecular weight excluding hydrogens is 811 g/mol. The first-order valence-electron chi connectivity index (χ1n) is 22.8. The quantitative estimate of drug-likeness (QED) is 0.145. The van der Waals surface area contributed by atoms with E-state index in [2.05, 4.69) is 265 Å². The number of aromatic nitrogens is 3. The Balaban J connectivity index is 1.03. The highest BCUT2D eigenvalue weighted by molar-refractivity contribution is 6.14. The van der Waals surface area contributed by atoms with E-state index in [0.29, 0.717) is 5.82 Å². The van der Waals surface area contributed by atoms with Crippen LogP contribution in [0.15, 0.2) is 261 Å². The third-order valence-corrected chi connectivity index (χ3v) is 12.8. The molecule has 67 heavy (non-hydrogen) atoms. The van der Waals surface area contributed by atoms with Crippen LogP contribution in [-0.4, -0.2) is 14.5 Å². The molecule has 0 spiro atoms. The minimum atomic E-state index is 0.666. The fourth-order valence-electron chi connectivity index (χ4n) is 9.44. The smallest absolute Gasteiger partial charge is 0.162 e. The van der Waals surface area contributed by atoms with Gasteiger partial charge in [0.15, 0.2) is 5.82 Å². The van der Waals surface area contributed by atoms with Gasteiger partial charge in [-0.3, -0.25) is 4.57 Å². The summed E-state index contributed by atoms with van der Waals surface area (Å²) in [6.07, 6.45) is 0. The average Bonchev–Trinajstić information content (AvgIpc) is 3.76. The highest BCUT2D eigenvalue weighted by Gasteiger charge is 2.21. The Morgan fingerprint density at radius 1 is 0.254 bits per heavy atom. The lowest BCUT2D eigenvalue weighted by Gasteiger charge is -2.14. The molecule has 0 amide bonds. The van der Waals surface area contributed by atoms with Crippen molar-refractivity contribution in [2.24, 2.45) is 0 Å². The predicted molar refractivity (Wildman–Crippen MR) is 280 cm³/mol.